The minimum absolute atomic E-state index is 0.0834. The maximum Gasteiger partial charge on any atom is 0.223 e. The number of hydrogen-bond donors (Lipinski definition) is 2. The summed E-state index contributed by atoms with van der Waals surface area (Å²) < 4.78 is 5.87. The van der Waals surface area contributed by atoms with Crippen molar-refractivity contribution in [2.24, 2.45) is 0 Å². The summed E-state index contributed by atoms with van der Waals surface area (Å²) in [5.41, 5.74) is 6.52. The van der Waals surface area contributed by atoms with E-state index in [1.807, 2.05) is 19.9 Å². The van der Waals surface area contributed by atoms with Gasteiger partial charge >= 0.3 is 0 Å². The fourth-order valence-electron chi connectivity index (χ4n) is 3.09. The highest BCUT2D eigenvalue weighted by Crippen LogP contribution is 2.44. The minimum atomic E-state index is -0.779. The Morgan fingerprint density at radius 2 is 2.20 bits per heavy atom. The lowest BCUT2D eigenvalue weighted by molar-refractivity contribution is -0.139. The molecule has 1 amide bonds. The normalized spacial score (nSPS) is 28.1. The molecule has 0 bridgehead atoms. The van der Waals surface area contributed by atoms with Crippen molar-refractivity contribution in [1.82, 2.24) is 4.90 Å². The monoisotopic (exact) mass is 276 g/mol. The number of likely N-dealkylation sites (tertiary alicyclic amines) is 1. The molecule has 0 unspecified atom stereocenters. The van der Waals surface area contributed by atoms with E-state index in [1.165, 1.54) is 0 Å². The number of benzene rings is 1. The molecule has 0 aliphatic carbocycles. The molecule has 1 saturated heterocycles. The van der Waals surface area contributed by atoms with Gasteiger partial charge < -0.3 is 20.5 Å². The Hall–Kier alpha value is -1.75. The molecular formula is C15H20N2O3. The Morgan fingerprint density at radius 3 is 2.85 bits per heavy atom. The second-order valence-electron chi connectivity index (χ2n) is 6.08. The molecule has 2 heterocycles. The summed E-state index contributed by atoms with van der Waals surface area (Å²) in [6, 6.07) is 5.00. The second-order valence-corrected chi connectivity index (χ2v) is 6.08. The van der Waals surface area contributed by atoms with Crippen molar-refractivity contribution in [2.45, 2.75) is 44.4 Å². The first kappa shape index (κ1) is 13.2. The highest BCUT2D eigenvalue weighted by molar-refractivity contribution is 5.79. The number of amides is 1. The van der Waals surface area contributed by atoms with E-state index in [9.17, 15) is 9.90 Å². The number of carbonyl (C=O) groups is 1. The molecule has 1 fully saturated rings. The highest BCUT2D eigenvalue weighted by atomic mass is 16.5. The Kier molecular flexibility index (Phi) is 2.90. The van der Waals surface area contributed by atoms with E-state index in [0.29, 0.717) is 24.4 Å². The predicted octanol–water partition coefficient (Wildman–Crippen LogP) is 1.46. The van der Waals surface area contributed by atoms with Crippen LogP contribution in [0.25, 0.3) is 0 Å². The van der Waals surface area contributed by atoms with Gasteiger partial charge in [-0.3, -0.25) is 4.79 Å². The van der Waals surface area contributed by atoms with Crippen LogP contribution in [0.15, 0.2) is 18.2 Å². The molecular weight excluding hydrogens is 256 g/mol. The molecule has 5 nitrogen and oxygen atoms in total. The van der Waals surface area contributed by atoms with Gasteiger partial charge in [-0.2, -0.15) is 0 Å². The van der Waals surface area contributed by atoms with Gasteiger partial charge in [0, 0.05) is 24.2 Å². The molecule has 3 N–H and O–H groups in total. The molecule has 108 valence electrons. The number of rotatable bonds is 1. The van der Waals surface area contributed by atoms with Gasteiger partial charge in [0.05, 0.1) is 6.04 Å². The summed E-state index contributed by atoms with van der Waals surface area (Å²) in [7, 11) is 0. The van der Waals surface area contributed by atoms with Crippen molar-refractivity contribution < 1.29 is 14.6 Å². The van der Waals surface area contributed by atoms with Crippen molar-refractivity contribution in [3.05, 3.63) is 23.8 Å². The first-order valence-electron chi connectivity index (χ1n) is 6.96. The number of ether oxygens (including phenoxy) is 1. The zero-order valence-corrected chi connectivity index (χ0v) is 11.8. The number of hydrogen-bond acceptors (Lipinski definition) is 4. The zero-order valence-electron chi connectivity index (χ0n) is 11.8. The number of anilines is 1. The van der Waals surface area contributed by atoms with Crippen LogP contribution >= 0.6 is 0 Å². The fraction of sp³-hybridized carbons (Fsp3) is 0.533. The Labute approximate surface area is 118 Å². The average molecular weight is 276 g/mol. The maximum absolute atomic E-state index is 12.1. The molecule has 20 heavy (non-hydrogen) atoms. The van der Waals surface area contributed by atoms with Crippen molar-refractivity contribution >= 4 is 11.6 Å². The molecule has 0 aromatic heterocycles. The quantitative estimate of drug-likeness (QED) is 0.761. The molecule has 0 saturated carbocycles. The number of aliphatic hydroxyl groups is 1. The van der Waals surface area contributed by atoms with Gasteiger partial charge in [0.1, 0.15) is 17.5 Å². The van der Waals surface area contributed by atoms with Crippen LogP contribution in [0.2, 0.25) is 0 Å². The smallest absolute Gasteiger partial charge is 0.223 e. The summed E-state index contributed by atoms with van der Waals surface area (Å²) in [5, 5.41) is 10.7. The number of nitrogens with two attached hydrogens (primary N) is 1. The Balaban J connectivity index is 2.10. The molecule has 1 aromatic rings. The predicted molar refractivity (Wildman–Crippen MR) is 75.3 cm³/mol. The van der Waals surface area contributed by atoms with Gasteiger partial charge in [0.15, 0.2) is 0 Å². The topological polar surface area (TPSA) is 75.8 Å². The van der Waals surface area contributed by atoms with Crippen LogP contribution in [0, 0.1) is 0 Å². The number of aliphatic hydroxyl groups excluding tert-OH is 1. The SMILES string of the molecule is CC1(C)Oc2ccc(N)cc2[C@H](N2CCCC2=O)[C@H]1O. The van der Waals surface area contributed by atoms with Gasteiger partial charge in [-0.15, -0.1) is 0 Å². The lowest BCUT2D eigenvalue weighted by atomic mass is 9.85. The third kappa shape index (κ3) is 1.93. The van der Waals surface area contributed by atoms with Crippen molar-refractivity contribution in [2.75, 3.05) is 12.3 Å². The highest BCUT2D eigenvalue weighted by Gasteiger charge is 2.47. The summed E-state index contributed by atoms with van der Waals surface area (Å²) in [4.78, 5) is 13.8. The van der Waals surface area contributed by atoms with Crippen molar-refractivity contribution in [3.63, 3.8) is 0 Å². The first-order chi connectivity index (χ1) is 9.40. The van der Waals surface area contributed by atoms with E-state index in [-0.39, 0.29) is 11.9 Å². The van der Waals surface area contributed by atoms with E-state index < -0.39 is 11.7 Å². The first-order valence-corrected chi connectivity index (χ1v) is 6.96. The van der Waals surface area contributed by atoms with E-state index in [0.717, 1.165) is 12.0 Å². The second kappa shape index (κ2) is 4.38. The fourth-order valence-corrected chi connectivity index (χ4v) is 3.09. The van der Waals surface area contributed by atoms with Crippen molar-refractivity contribution in [3.8, 4) is 5.75 Å². The van der Waals surface area contributed by atoms with Crippen LogP contribution < -0.4 is 10.5 Å². The lowest BCUT2D eigenvalue weighted by Gasteiger charge is -2.45. The van der Waals surface area contributed by atoms with Gasteiger partial charge in [0.25, 0.3) is 0 Å². The standard InChI is InChI=1S/C15H20N2O3/c1-15(2)14(19)13(17-7-3-4-12(17)18)10-8-9(16)5-6-11(10)20-15/h5-6,8,13-14,19H,3-4,7,16H2,1-2H3/t13-,14+/m0/s1. The van der Waals surface area contributed by atoms with Gasteiger partial charge in [-0.05, 0) is 38.5 Å². The van der Waals surface area contributed by atoms with E-state index in [1.54, 1.807) is 17.0 Å². The number of nitrogen functional groups attached to an aromatic ring is 1. The third-order valence-corrected chi connectivity index (χ3v) is 4.18. The van der Waals surface area contributed by atoms with E-state index in [2.05, 4.69) is 0 Å². The van der Waals surface area contributed by atoms with Gasteiger partial charge in [-0.25, -0.2) is 0 Å². The van der Waals surface area contributed by atoms with Crippen LogP contribution in [0.1, 0.15) is 38.3 Å². The third-order valence-electron chi connectivity index (χ3n) is 4.18. The van der Waals surface area contributed by atoms with Crippen LogP contribution in [0.5, 0.6) is 5.75 Å². The number of carbonyl (C=O) groups excluding carboxylic acids is 1. The van der Waals surface area contributed by atoms with Gasteiger partial charge in [-0.1, -0.05) is 0 Å². The molecule has 1 aromatic carbocycles. The number of fused-ring (bicyclic) bond motifs is 1. The lowest BCUT2D eigenvalue weighted by Crippen LogP contribution is -2.53. The van der Waals surface area contributed by atoms with E-state index >= 15 is 0 Å². The maximum atomic E-state index is 12.1. The van der Waals surface area contributed by atoms with Crippen LogP contribution in [0.3, 0.4) is 0 Å². The molecule has 2 aliphatic rings. The summed E-state index contributed by atoms with van der Waals surface area (Å²) in [6.07, 6.45) is 0.599. The minimum Gasteiger partial charge on any atom is -0.485 e. The van der Waals surface area contributed by atoms with Gasteiger partial charge in [0.2, 0.25) is 5.91 Å². The Morgan fingerprint density at radius 1 is 1.45 bits per heavy atom. The molecule has 2 atom stereocenters. The largest absolute Gasteiger partial charge is 0.485 e. The molecule has 3 rings (SSSR count). The van der Waals surface area contributed by atoms with Crippen LogP contribution in [0.4, 0.5) is 5.69 Å². The van der Waals surface area contributed by atoms with Crippen LogP contribution in [-0.4, -0.2) is 34.2 Å². The van der Waals surface area contributed by atoms with E-state index in [4.69, 9.17) is 10.5 Å². The molecule has 2 aliphatic heterocycles. The van der Waals surface area contributed by atoms with Crippen LogP contribution in [-0.2, 0) is 4.79 Å². The molecule has 0 radical (unpaired) electrons. The summed E-state index contributed by atoms with van der Waals surface area (Å²) >= 11 is 0. The average Bonchev–Trinajstić information content (AvgIpc) is 2.78. The summed E-state index contributed by atoms with van der Waals surface area (Å²) in [5.74, 6) is 0.777. The molecule has 0 spiro atoms. The Bertz CT molecular complexity index is 556. The summed E-state index contributed by atoms with van der Waals surface area (Å²) in [6.45, 7) is 4.35. The van der Waals surface area contributed by atoms with Crippen molar-refractivity contribution in [1.29, 1.82) is 0 Å². The molecule has 5 heteroatoms. The zero-order chi connectivity index (χ0) is 14.5. The number of nitrogens with zero attached hydrogens (tertiary/aromatic N) is 1.